The van der Waals surface area contributed by atoms with Crippen molar-refractivity contribution in [3.8, 4) is 11.5 Å². The van der Waals surface area contributed by atoms with Crippen molar-refractivity contribution in [2.45, 2.75) is 6.42 Å². The number of methoxy groups -OCH3 is 1. The Morgan fingerprint density at radius 3 is 2.55 bits per heavy atom. The molecule has 1 saturated heterocycles. The predicted molar refractivity (Wildman–Crippen MR) is 102 cm³/mol. The molecule has 2 N–H and O–H groups in total. The van der Waals surface area contributed by atoms with Gasteiger partial charge in [0.25, 0.3) is 5.91 Å². The molecule has 2 aromatic carbocycles. The molecular formula is C20H20FN3O5. The molecule has 1 aliphatic rings. The summed E-state index contributed by atoms with van der Waals surface area (Å²) in [7, 11) is 1.55. The van der Waals surface area contributed by atoms with Crippen molar-refractivity contribution in [1.82, 2.24) is 10.9 Å². The Bertz CT molecular complexity index is 903. The van der Waals surface area contributed by atoms with Gasteiger partial charge in [0, 0.05) is 18.7 Å². The zero-order chi connectivity index (χ0) is 20.8. The first-order chi connectivity index (χ1) is 14.0. The van der Waals surface area contributed by atoms with Crippen LogP contribution in [0.25, 0.3) is 0 Å². The van der Waals surface area contributed by atoms with Gasteiger partial charge in [-0.1, -0.05) is 12.1 Å². The molecule has 0 radical (unpaired) electrons. The van der Waals surface area contributed by atoms with Crippen molar-refractivity contribution >= 4 is 23.4 Å². The average molecular weight is 401 g/mol. The van der Waals surface area contributed by atoms with Gasteiger partial charge in [-0.25, -0.2) is 4.39 Å². The topological polar surface area (TPSA) is 97.0 Å². The zero-order valence-electron chi connectivity index (χ0n) is 15.7. The van der Waals surface area contributed by atoms with Gasteiger partial charge >= 0.3 is 0 Å². The van der Waals surface area contributed by atoms with Crippen molar-refractivity contribution in [3.63, 3.8) is 0 Å². The van der Waals surface area contributed by atoms with E-state index in [9.17, 15) is 18.8 Å². The Morgan fingerprint density at radius 1 is 1.14 bits per heavy atom. The number of carbonyl (C=O) groups excluding carboxylic acids is 3. The van der Waals surface area contributed by atoms with Crippen molar-refractivity contribution in [1.29, 1.82) is 0 Å². The van der Waals surface area contributed by atoms with Gasteiger partial charge in [-0.3, -0.25) is 25.2 Å². The zero-order valence-corrected chi connectivity index (χ0v) is 15.7. The molecule has 9 heteroatoms. The number of hydrazine groups is 1. The highest BCUT2D eigenvalue weighted by molar-refractivity contribution is 6.00. The molecule has 0 spiro atoms. The largest absolute Gasteiger partial charge is 0.497 e. The Morgan fingerprint density at radius 2 is 1.86 bits per heavy atom. The molecule has 1 fully saturated rings. The summed E-state index contributed by atoms with van der Waals surface area (Å²) >= 11 is 0. The smallest absolute Gasteiger partial charge is 0.276 e. The number of hydrogen-bond donors (Lipinski definition) is 2. The molecule has 152 valence electrons. The van der Waals surface area contributed by atoms with Gasteiger partial charge in [-0.05, 0) is 36.4 Å². The lowest BCUT2D eigenvalue weighted by Gasteiger charge is -2.17. The van der Waals surface area contributed by atoms with Crippen LogP contribution in [0.2, 0.25) is 0 Å². The van der Waals surface area contributed by atoms with E-state index >= 15 is 0 Å². The van der Waals surface area contributed by atoms with Crippen LogP contribution in [0, 0.1) is 11.7 Å². The molecule has 2 aromatic rings. The van der Waals surface area contributed by atoms with E-state index in [0.29, 0.717) is 11.4 Å². The fraction of sp³-hybridized carbons (Fsp3) is 0.250. The first-order valence-corrected chi connectivity index (χ1v) is 8.88. The number of hydrogen-bond acceptors (Lipinski definition) is 5. The minimum Gasteiger partial charge on any atom is -0.497 e. The SMILES string of the molecule is COc1ccc(N2C[C@@H](C(=O)NNC(=O)COc3ccccc3F)CC2=O)cc1. The highest BCUT2D eigenvalue weighted by Gasteiger charge is 2.35. The van der Waals surface area contributed by atoms with Crippen LogP contribution in [0.5, 0.6) is 11.5 Å². The summed E-state index contributed by atoms with van der Waals surface area (Å²) in [5.74, 6) is -1.94. The van der Waals surface area contributed by atoms with E-state index < -0.39 is 30.2 Å². The molecule has 3 rings (SSSR count). The van der Waals surface area contributed by atoms with Gasteiger partial charge in [0.05, 0.1) is 13.0 Å². The van der Waals surface area contributed by atoms with Crippen LogP contribution in [0.15, 0.2) is 48.5 Å². The van der Waals surface area contributed by atoms with Crippen molar-refractivity contribution in [3.05, 3.63) is 54.3 Å². The molecule has 0 bridgehead atoms. The molecule has 1 aliphatic heterocycles. The second kappa shape index (κ2) is 9.05. The summed E-state index contributed by atoms with van der Waals surface area (Å²) in [4.78, 5) is 37.8. The Balaban J connectivity index is 1.47. The van der Waals surface area contributed by atoms with Gasteiger partial charge in [0.2, 0.25) is 11.8 Å². The van der Waals surface area contributed by atoms with Crippen LogP contribution in [-0.2, 0) is 14.4 Å². The van der Waals surface area contributed by atoms with Crippen LogP contribution in [0.3, 0.4) is 0 Å². The number of amides is 3. The molecule has 3 amide bonds. The van der Waals surface area contributed by atoms with Crippen LogP contribution < -0.4 is 25.2 Å². The summed E-state index contributed by atoms with van der Waals surface area (Å²) in [6.07, 6.45) is 0.0272. The molecule has 0 unspecified atom stereocenters. The van der Waals surface area contributed by atoms with E-state index in [2.05, 4.69) is 10.9 Å². The van der Waals surface area contributed by atoms with E-state index in [4.69, 9.17) is 9.47 Å². The molecular weight excluding hydrogens is 381 g/mol. The van der Waals surface area contributed by atoms with Gasteiger partial charge in [-0.2, -0.15) is 0 Å². The van der Waals surface area contributed by atoms with Crippen LogP contribution in [0.1, 0.15) is 6.42 Å². The number of halogens is 1. The molecule has 0 saturated carbocycles. The third-order valence-corrected chi connectivity index (χ3v) is 4.40. The lowest BCUT2D eigenvalue weighted by molar-refractivity contribution is -0.132. The van der Waals surface area contributed by atoms with E-state index in [0.717, 1.165) is 0 Å². The summed E-state index contributed by atoms with van der Waals surface area (Å²) < 4.78 is 23.6. The van der Waals surface area contributed by atoms with Crippen molar-refractivity contribution in [2.75, 3.05) is 25.2 Å². The fourth-order valence-electron chi connectivity index (χ4n) is 2.87. The Hall–Kier alpha value is -3.62. The van der Waals surface area contributed by atoms with Crippen molar-refractivity contribution < 1.29 is 28.2 Å². The Kier molecular flexibility index (Phi) is 6.28. The number of rotatable bonds is 6. The maximum atomic E-state index is 13.4. The Labute approximate surface area is 166 Å². The van der Waals surface area contributed by atoms with E-state index in [1.54, 1.807) is 37.4 Å². The van der Waals surface area contributed by atoms with E-state index in [-0.39, 0.29) is 24.6 Å². The van der Waals surface area contributed by atoms with Crippen LogP contribution in [-0.4, -0.2) is 38.0 Å². The average Bonchev–Trinajstić information content (AvgIpc) is 3.13. The number of benzene rings is 2. The predicted octanol–water partition coefficient (Wildman–Crippen LogP) is 1.41. The monoisotopic (exact) mass is 401 g/mol. The minimum atomic E-state index is -0.655. The highest BCUT2D eigenvalue weighted by Crippen LogP contribution is 2.26. The summed E-state index contributed by atoms with van der Waals surface area (Å²) in [5.41, 5.74) is 5.14. The molecule has 29 heavy (non-hydrogen) atoms. The van der Waals surface area contributed by atoms with Gasteiger partial charge in [-0.15, -0.1) is 0 Å². The van der Waals surface area contributed by atoms with Gasteiger partial charge in [0.15, 0.2) is 18.2 Å². The first-order valence-electron chi connectivity index (χ1n) is 8.88. The van der Waals surface area contributed by atoms with E-state index in [1.807, 2.05) is 0 Å². The van der Waals surface area contributed by atoms with Crippen LogP contribution in [0.4, 0.5) is 10.1 Å². The van der Waals surface area contributed by atoms with Crippen LogP contribution >= 0.6 is 0 Å². The quantitative estimate of drug-likeness (QED) is 0.714. The van der Waals surface area contributed by atoms with Gasteiger partial charge < -0.3 is 14.4 Å². The van der Waals surface area contributed by atoms with Gasteiger partial charge in [0.1, 0.15) is 5.75 Å². The number of nitrogens with one attached hydrogen (secondary N) is 2. The molecule has 8 nitrogen and oxygen atoms in total. The third kappa shape index (κ3) is 5.01. The minimum absolute atomic E-state index is 0.0272. The number of anilines is 1. The lowest BCUT2D eigenvalue weighted by Crippen LogP contribution is -2.46. The second-order valence-corrected chi connectivity index (χ2v) is 6.36. The standard InChI is InChI=1S/C20H20FN3O5/c1-28-15-8-6-14(7-9-15)24-11-13(10-19(24)26)20(27)23-22-18(25)12-29-17-5-3-2-4-16(17)21/h2-9,13H,10-12H2,1H3,(H,22,25)(H,23,27)/t13-/m0/s1. The normalized spacial score (nSPS) is 15.7. The van der Waals surface area contributed by atoms with E-state index in [1.165, 1.54) is 23.1 Å². The third-order valence-electron chi connectivity index (χ3n) is 4.40. The number of carbonyl (C=O) groups is 3. The number of para-hydroxylation sites is 1. The molecule has 0 aliphatic carbocycles. The highest BCUT2D eigenvalue weighted by atomic mass is 19.1. The molecule has 1 heterocycles. The molecule has 0 aromatic heterocycles. The summed E-state index contributed by atoms with van der Waals surface area (Å²) in [6.45, 7) is -0.276. The maximum Gasteiger partial charge on any atom is 0.276 e. The number of ether oxygens (including phenoxy) is 2. The maximum absolute atomic E-state index is 13.4. The first kappa shape index (κ1) is 20.1. The lowest BCUT2D eigenvalue weighted by atomic mass is 10.1. The summed E-state index contributed by atoms with van der Waals surface area (Å²) in [6, 6.07) is 12.6. The summed E-state index contributed by atoms with van der Waals surface area (Å²) in [5, 5.41) is 0. The molecule has 1 atom stereocenters. The van der Waals surface area contributed by atoms with Crippen molar-refractivity contribution in [2.24, 2.45) is 5.92 Å². The number of nitrogens with zero attached hydrogens (tertiary/aromatic N) is 1. The fourth-order valence-corrected chi connectivity index (χ4v) is 2.87. The second-order valence-electron chi connectivity index (χ2n) is 6.36.